The highest BCUT2D eigenvalue weighted by Crippen LogP contribution is 2.48. The van der Waals surface area contributed by atoms with E-state index in [4.69, 9.17) is 18.3 Å². The highest BCUT2D eigenvalue weighted by molar-refractivity contribution is 7.42. The van der Waals surface area contributed by atoms with Gasteiger partial charge >= 0.3 is 14.6 Å². The minimum atomic E-state index is -1.63. The van der Waals surface area contributed by atoms with Gasteiger partial charge in [-0.15, -0.1) is 0 Å². The maximum absolute atomic E-state index is 12.4. The Kier molecular flexibility index (Phi) is 8.46. The van der Waals surface area contributed by atoms with Crippen molar-refractivity contribution >= 4 is 14.6 Å². The minimum Gasteiger partial charge on any atom is -0.456 e. The molecule has 0 saturated carbocycles. The number of benzene rings is 1. The first kappa shape index (κ1) is 24.8. The van der Waals surface area contributed by atoms with E-state index in [2.05, 4.69) is 5.32 Å². The number of ether oxygens (including phenoxy) is 1. The summed E-state index contributed by atoms with van der Waals surface area (Å²) in [5.41, 5.74) is -0.0865. The first-order chi connectivity index (χ1) is 12.6. The minimum absolute atomic E-state index is 0.365. The average molecular weight is 413 g/mol. The van der Waals surface area contributed by atoms with Gasteiger partial charge in [0.25, 0.3) is 0 Å². The summed E-state index contributed by atoms with van der Waals surface area (Å²) in [6.07, 6.45) is 0. The van der Waals surface area contributed by atoms with E-state index >= 15 is 0 Å². The lowest BCUT2D eigenvalue weighted by atomic mass is 10.1. The second-order valence-electron chi connectivity index (χ2n) is 9.58. The van der Waals surface area contributed by atoms with E-state index < -0.39 is 25.4 Å². The molecule has 7 heteroatoms. The van der Waals surface area contributed by atoms with Crippen molar-refractivity contribution in [2.75, 3.05) is 7.05 Å². The van der Waals surface area contributed by atoms with E-state index in [1.54, 1.807) is 18.2 Å². The fourth-order valence-corrected chi connectivity index (χ4v) is 3.39. The third-order valence-electron chi connectivity index (χ3n) is 2.93. The molecule has 0 spiro atoms. The first-order valence-electron chi connectivity index (χ1n) is 9.47. The van der Waals surface area contributed by atoms with Gasteiger partial charge in [0.05, 0.1) is 16.8 Å². The molecule has 0 aliphatic rings. The molecule has 0 fully saturated rings. The lowest BCUT2D eigenvalue weighted by Crippen LogP contribution is -2.24. The van der Waals surface area contributed by atoms with Crippen LogP contribution in [0, 0.1) is 0 Å². The Morgan fingerprint density at radius 2 is 1.46 bits per heavy atom. The molecule has 0 unspecified atom stereocenters. The molecule has 0 heterocycles. The molecular weight excluding hydrogens is 377 g/mol. The predicted octanol–water partition coefficient (Wildman–Crippen LogP) is 5.60. The lowest BCUT2D eigenvalue weighted by molar-refractivity contribution is 0.00692. The van der Waals surface area contributed by atoms with Crippen LogP contribution in [0.15, 0.2) is 18.2 Å². The molecule has 1 rings (SSSR count). The fraction of sp³-hybridized carbons (Fsp3) is 0.667. The van der Waals surface area contributed by atoms with Gasteiger partial charge in [-0.25, -0.2) is 4.79 Å². The van der Waals surface area contributed by atoms with Crippen LogP contribution in [0.25, 0.3) is 0 Å². The summed E-state index contributed by atoms with van der Waals surface area (Å²) in [5, 5.41) is 3.10. The Morgan fingerprint density at radius 3 is 1.89 bits per heavy atom. The van der Waals surface area contributed by atoms with Crippen molar-refractivity contribution in [2.45, 2.75) is 85.7 Å². The van der Waals surface area contributed by atoms with Crippen molar-refractivity contribution in [3.05, 3.63) is 29.3 Å². The van der Waals surface area contributed by atoms with Gasteiger partial charge in [0.15, 0.2) is 0 Å². The number of esters is 1. The molecule has 1 aromatic carbocycles. The molecule has 0 amide bonds. The molecule has 0 bridgehead atoms. The Balaban J connectivity index is 3.14. The SMILES string of the molecule is CNCc1cc(C(=O)OC(C)(C)C)ccc1OP(OC(C)(C)C)OC(C)(C)C. The van der Waals surface area contributed by atoms with E-state index in [1.165, 1.54) is 0 Å². The molecule has 28 heavy (non-hydrogen) atoms. The number of hydrogen-bond acceptors (Lipinski definition) is 6. The Labute approximate surface area is 171 Å². The second kappa shape index (κ2) is 9.53. The summed E-state index contributed by atoms with van der Waals surface area (Å²) < 4.78 is 23.6. The summed E-state index contributed by atoms with van der Waals surface area (Å²) in [7, 11) is 0.206. The van der Waals surface area contributed by atoms with Crippen molar-refractivity contribution in [3.8, 4) is 5.75 Å². The van der Waals surface area contributed by atoms with Crippen LogP contribution in [0.1, 0.15) is 78.2 Å². The van der Waals surface area contributed by atoms with Gasteiger partial charge in [0.2, 0.25) is 0 Å². The summed E-state index contributed by atoms with van der Waals surface area (Å²) in [6, 6.07) is 5.24. The van der Waals surface area contributed by atoms with Crippen LogP contribution in [0.2, 0.25) is 0 Å². The van der Waals surface area contributed by atoms with Crippen LogP contribution in [-0.2, 0) is 20.3 Å². The number of hydrogen-bond donors (Lipinski definition) is 1. The van der Waals surface area contributed by atoms with Crippen LogP contribution in [0.3, 0.4) is 0 Å². The highest BCUT2D eigenvalue weighted by atomic mass is 31.2. The number of carbonyl (C=O) groups is 1. The van der Waals surface area contributed by atoms with Crippen LogP contribution >= 0.6 is 8.60 Å². The maximum Gasteiger partial charge on any atom is 0.398 e. The van der Waals surface area contributed by atoms with Gasteiger partial charge in [-0.05, 0) is 87.6 Å². The molecule has 0 saturated heterocycles. The van der Waals surface area contributed by atoms with E-state index in [9.17, 15) is 4.79 Å². The Morgan fingerprint density at radius 1 is 0.929 bits per heavy atom. The number of carbonyl (C=O) groups excluding carboxylic acids is 1. The normalized spacial score (nSPS) is 13.0. The summed E-state index contributed by atoms with van der Waals surface area (Å²) in [5.74, 6) is 0.247. The zero-order valence-electron chi connectivity index (χ0n) is 18.9. The number of nitrogens with one attached hydrogen (secondary N) is 1. The lowest BCUT2D eigenvalue weighted by Gasteiger charge is -2.30. The summed E-state index contributed by atoms with van der Waals surface area (Å²) >= 11 is 0. The van der Waals surface area contributed by atoms with E-state index in [0.717, 1.165) is 5.56 Å². The van der Waals surface area contributed by atoms with Crippen molar-refractivity contribution in [1.29, 1.82) is 0 Å². The van der Waals surface area contributed by atoms with Gasteiger partial charge in [0, 0.05) is 12.1 Å². The van der Waals surface area contributed by atoms with Gasteiger partial charge in [-0.2, -0.15) is 0 Å². The van der Waals surface area contributed by atoms with Gasteiger partial charge in [-0.3, -0.25) is 9.05 Å². The van der Waals surface area contributed by atoms with E-state index in [1.807, 2.05) is 69.4 Å². The third kappa shape index (κ3) is 9.83. The molecule has 0 radical (unpaired) electrons. The van der Waals surface area contributed by atoms with Crippen molar-refractivity contribution < 1.29 is 23.1 Å². The molecule has 0 aliphatic carbocycles. The quantitative estimate of drug-likeness (QED) is 0.464. The molecule has 0 aliphatic heterocycles. The van der Waals surface area contributed by atoms with Gasteiger partial charge < -0.3 is 14.6 Å². The first-order valence-corrected chi connectivity index (χ1v) is 10.6. The predicted molar refractivity (Wildman–Crippen MR) is 114 cm³/mol. The zero-order chi connectivity index (χ0) is 21.8. The smallest absolute Gasteiger partial charge is 0.398 e. The third-order valence-corrected chi connectivity index (χ3v) is 4.67. The molecular formula is C21H36NO5P. The Hall–Kier alpha value is -1.20. The van der Waals surface area contributed by atoms with Crippen molar-refractivity contribution in [2.24, 2.45) is 0 Å². The van der Waals surface area contributed by atoms with Crippen molar-refractivity contribution in [1.82, 2.24) is 5.32 Å². The topological polar surface area (TPSA) is 66.0 Å². The van der Waals surface area contributed by atoms with Crippen LogP contribution in [-0.4, -0.2) is 29.8 Å². The molecule has 6 nitrogen and oxygen atoms in total. The molecule has 0 aromatic heterocycles. The molecule has 1 aromatic rings. The molecule has 160 valence electrons. The van der Waals surface area contributed by atoms with Gasteiger partial charge in [0.1, 0.15) is 11.4 Å². The van der Waals surface area contributed by atoms with E-state index in [0.29, 0.717) is 17.9 Å². The van der Waals surface area contributed by atoms with Crippen LogP contribution < -0.4 is 9.84 Å². The average Bonchev–Trinajstić information content (AvgIpc) is 2.43. The number of rotatable bonds is 7. The Bertz CT molecular complexity index is 640. The van der Waals surface area contributed by atoms with Crippen LogP contribution in [0.5, 0.6) is 5.75 Å². The maximum atomic E-state index is 12.4. The highest BCUT2D eigenvalue weighted by Gasteiger charge is 2.29. The van der Waals surface area contributed by atoms with E-state index in [-0.39, 0.29) is 5.97 Å². The largest absolute Gasteiger partial charge is 0.456 e. The summed E-state index contributed by atoms with van der Waals surface area (Å²) in [6.45, 7) is 17.8. The second-order valence-corrected chi connectivity index (χ2v) is 10.6. The van der Waals surface area contributed by atoms with Crippen LogP contribution in [0.4, 0.5) is 0 Å². The van der Waals surface area contributed by atoms with Gasteiger partial charge in [-0.1, -0.05) is 0 Å². The zero-order valence-corrected chi connectivity index (χ0v) is 19.8. The monoisotopic (exact) mass is 413 g/mol. The summed E-state index contributed by atoms with van der Waals surface area (Å²) in [4.78, 5) is 12.4. The molecule has 1 N–H and O–H groups in total. The fourth-order valence-electron chi connectivity index (χ4n) is 2.04. The molecule has 0 atom stereocenters. The standard InChI is InChI=1S/C21H36NO5P/c1-19(2,3)24-18(23)15-11-12-17(16(13-15)14-22-10)25-28(26-20(4,5)6)27-21(7,8)9/h11-13,22H,14H2,1-10H3. The van der Waals surface area contributed by atoms with Crippen molar-refractivity contribution in [3.63, 3.8) is 0 Å².